The average Bonchev–Trinajstić information content (AvgIpc) is 2.22. The lowest BCUT2D eigenvalue weighted by Crippen LogP contribution is -2.26. The molecule has 82 valence electrons. The third-order valence-corrected chi connectivity index (χ3v) is 3.15. The van der Waals surface area contributed by atoms with Crippen molar-refractivity contribution in [1.82, 2.24) is 0 Å². The predicted octanol–water partition coefficient (Wildman–Crippen LogP) is 3.82. The normalized spacial score (nSPS) is 26.3. The van der Waals surface area contributed by atoms with E-state index in [2.05, 4.69) is 12.2 Å². The molecular weight excluding hydrogens is 189 g/mol. The summed E-state index contributed by atoms with van der Waals surface area (Å²) in [6.45, 7) is 2.30. The zero-order chi connectivity index (χ0) is 10.7. The summed E-state index contributed by atoms with van der Waals surface area (Å²) in [5, 5.41) is 3.47. The van der Waals surface area contributed by atoms with E-state index in [0.717, 1.165) is 11.6 Å². The number of benzene rings is 1. The Balaban J connectivity index is 1.93. The van der Waals surface area contributed by atoms with Gasteiger partial charge in [0.15, 0.2) is 0 Å². The highest BCUT2D eigenvalue weighted by atomic mass is 19.1. The fraction of sp³-hybridized carbons (Fsp3) is 0.538. The molecule has 2 rings (SSSR count). The van der Waals surface area contributed by atoms with Crippen molar-refractivity contribution in [3.63, 3.8) is 0 Å². The van der Waals surface area contributed by atoms with E-state index < -0.39 is 0 Å². The Hall–Kier alpha value is -1.05. The van der Waals surface area contributed by atoms with Crippen LogP contribution in [0.5, 0.6) is 0 Å². The van der Waals surface area contributed by atoms with Crippen LogP contribution in [0.15, 0.2) is 24.3 Å². The summed E-state index contributed by atoms with van der Waals surface area (Å²) in [5.74, 6) is 0.647. The Labute approximate surface area is 90.7 Å². The van der Waals surface area contributed by atoms with E-state index in [4.69, 9.17) is 0 Å². The zero-order valence-corrected chi connectivity index (χ0v) is 9.17. The van der Waals surface area contributed by atoms with Gasteiger partial charge in [-0.15, -0.1) is 0 Å². The first kappa shape index (κ1) is 10.5. The molecular formula is C13H18FN. The molecule has 0 spiro atoms. The molecule has 2 unspecified atom stereocenters. The molecule has 15 heavy (non-hydrogen) atoms. The van der Waals surface area contributed by atoms with Crippen LogP contribution in [0.1, 0.15) is 32.6 Å². The molecule has 0 heterocycles. The Morgan fingerprint density at radius 2 is 1.93 bits per heavy atom. The molecule has 0 aromatic heterocycles. The van der Waals surface area contributed by atoms with Crippen LogP contribution in [-0.4, -0.2) is 6.04 Å². The predicted molar refractivity (Wildman–Crippen MR) is 61.4 cm³/mol. The highest BCUT2D eigenvalue weighted by molar-refractivity contribution is 5.43. The lowest BCUT2D eigenvalue weighted by molar-refractivity contribution is 0.358. The maximum Gasteiger partial charge on any atom is 0.123 e. The van der Waals surface area contributed by atoms with E-state index >= 15 is 0 Å². The maximum atomic E-state index is 12.7. The minimum atomic E-state index is -0.169. The molecule has 2 atom stereocenters. The van der Waals surface area contributed by atoms with Crippen LogP contribution < -0.4 is 5.32 Å². The van der Waals surface area contributed by atoms with Crippen molar-refractivity contribution in [3.05, 3.63) is 30.1 Å². The van der Waals surface area contributed by atoms with E-state index in [9.17, 15) is 4.39 Å². The van der Waals surface area contributed by atoms with Crippen molar-refractivity contribution in [2.45, 2.75) is 38.6 Å². The van der Waals surface area contributed by atoms with E-state index in [1.54, 1.807) is 0 Å². The van der Waals surface area contributed by atoms with Gasteiger partial charge in [-0.25, -0.2) is 4.39 Å². The first-order valence-electron chi connectivity index (χ1n) is 5.76. The SMILES string of the molecule is CC1CCCC(Nc2ccc(F)cc2)C1. The third-order valence-electron chi connectivity index (χ3n) is 3.15. The van der Waals surface area contributed by atoms with Gasteiger partial charge in [-0.05, 0) is 43.0 Å². The van der Waals surface area contributed by atoms with Gasteiger partial charge in [-0.1, -0.05) is 19.8 Å². The van der Waals surface area contributed by atoms with E-state index in [0.29, 0.717) is 6.04 Å². The maximum absolute atomic E-state index is 12.7. The standard InChI is InChI=1S/C13H18FN/c1-10-3-2-4-13(9-10)15-12-7-5-11(14)6-8-12/h5-8,10,13,15H,2-4,9H2,1H3. The molecule has 1 saturated carbocycles. The summed E-state index contributed by atoms with van der Waals surface area (Å²) in [5.41, 5.74) is 1.04. The number of anilines is 1. The summed E-state index contributed by atoms with van der Waals surface area (Å²) < 4.78 is 12.7. The highest BCUT2D eigenvalue weighted by Crippen LogP contribution is 2.26. The van der Waals surface area contributed by atoms with Crippen LogP contribution >= 0.6 is 0 Å². The van der Waals surface area contributed by atoms with Crippen LogP contribution in [-0.2, 0) is 0 Å². The molecule has 0 saturated heterocycles. The van der Waals surface area contributed by atoms with Crippen molar-refractivity contribution >= 4 is 5.69 Å². The molecule has 2 heteroatoms. The van der Waals surface area contributed by atoms with Crippen LogP contribution in [0.3, 0.4) is 0 Å². The van der Waals surface area contributed by atoms with Gasteiger partial charge >= 0.3 is 0 Å². The van der Waals surface area contributed by atoms with Gasteiger partial charge in [0.25, 0.3) is 0 Å². The number of hydrogen-bond donors (Lipinski definition) is 1. The highest BCUT2D eigenvalue weighted by Gasteiger charge is 2.18. The van der Waals surface area contributed by atoms with Crippen molar-refractivity contribution in [2.24, 2.45) is 5.92 Å². The minimum absolute atomic E-state index is 0.169. The molecule has 0 aliphatic heterocycles. The van der Waals surface area contributed by atoms with E-state index in [-0.39, 0.29) is 5.82 Å². The molecule has 1 fully saturated rings. The lowest BCUT2D eigenvalue weighted by Gasteiger charge is -2.28. The first-order valence-corrected chi connectivity index (χ1v) is 5.76. The molecule has 1 nitrogen and oxygen atoms in total. The van der Waals surface area contributed by atoms with Gasteiger partial charge in [-0.3, -0.25) is 0 Å². The van der Waals surface area contributed by atoms with Gasteiger partial charge in [0.05, 0.1) is 0 Å². The smallest absolute Gasteiger partial charge is 0.123 e. The molecule has 1 aromatic carbocycles. The number of rotatable bonds is 2. The molecule has 1 aliphatic carbocycles. The van der Waals surface area contributed by atoms with Crippen LogP contribution in [0.4, 0.5) is 10.1 Å². The van der Waals surface area contributed by atoms with Crippen molar-refractivity contribution in [1.29, 1.82) is 0 Å². The van der Waals surface area contributed by atoms with Gasteiger partial charge < -0.3 is 5.32 Å². The van der Waals surface area contributed by atoms with Crippen molar-refractivity contribution in [2.75, 3.05) is 5.32 Å². The van der Waals surface area contributed by atoms with Crippen LogP contribution in [0.2, 0.25) is 0 Å². The van der Waals surface area contributed by atoms with Crippen molar-refractivity contribution < 1.29 is 4.39 Å². The first-order chi connectivity index (χ1) is 7.24. The topological polar surface area (TPSA) is 12.0 Å². The number of hydrogen-bond acceptors (Lipinski definition) is 1. The molecule has 0 radical (unpaired) electrons. The number of halogens is 1. The Kier molecular flexibility index (Phi) is 3.24. The molecule has 1 aromatic rings. The second kappa shape index (κ2) is 4.65. The van der Waals surface area contributed by atoms with Crippen LogP contribution in [0, 0.1) is 11.7 Å². The minimum Gasteiger partial charge on any atom is -0.382 e. The summed E-state index contributed by atoms with van der Waals surface area (Å²) in [4.78, 5) is 0. The molecule has 0 bridgehead atoms. The summed E-state index contributed by atoms with van der Waals surface area (Å²) >= 11 is 0. The Morgan fingerprint density at radius 1 is 1.20 bits per heavy atom. The van der Waals surface area contributed by atoms with E-state index in [1.807, 2.05) is 12.1 Å². The van der Waals surface area contributed by atoms with Gasteiger partial charge in [-0.2, -0.15) is 0 Å². The summed E-state index contributed by atoms with van der Waals surface area (Å²) in [7, 11) is 0. The largest absolute Gasteiger partial charge is 0.382 e. The van der Waals surface area contributed by atoms with Crippen LogP contribution in [0.25, 0.3) is 0 Å². The molecule has 1 aliphatic rings. The second-order valence-electron chi connectivity index (χ2n) is 4.62. The van der Waals surface area contributed by atoms with Gasteiger partial charge in [0.2, 0.25) is 0 Å². The monoisotopic (exact) mass is 207 g/mol. The lowest BCUT2D eigenvalue weighted by atomic mass is 9.87. The Morgan fingerprint density at radius 3 is 2.60 bits per heavy atom. The fourth-order valence-corrected chi connectivity index (χ4v) is 2.35. The Bertz CT molecular complexity index is 307. The third kappa shape index (κ3) is 2.95. The summed E-state index contributed by atoms with van der Waals surface area (Å²) in [6.07, 6.45) is 5.13. The van der Waals surface area contributed by atoms with E-state index in [1.165, 1.54) is 37.8 Å². The zero-order valence-electron chi connectivity index (χ0n) is 9.17. The second-order valence-corrected chi connectivity index (χ2v) is 4.62. The fourth-order valence-electron chi connectivity index (χ4n) is 2.35. The van der Waals surface area contributed by atoms with Crippen molar-refractivity contribution in [3.8, 4) is 0 Å². The number of nitrogens with one attached hydrogen (secondary N) is 1. The molecule has 1 N–H and O–H groups in total. The summed E-state index contributed by atoms with van der Waals surface area (Å²) in [6, 6.07) is 7.21. The molecule has 0 amide bonds. The quantitative estimate of drug-likeness (QED) is 0.777. The van der Waals surface area contributed by atoms with Gasteiger partial charge in [0.1, 0.15) is 5.82 Å². The van der Waals surface area contributed by atoms with Gasteiger partial charge in [0, 0.05) is 11.7 Å². The average molecular weight is 207 g/mol.